The Kier molecular flexibility index (Phi) is 6.43. The first-order valence-corrected chi connectivity index (χ1v) is 9.84. The Morgan fingerprint density at radius 2 is 2.15 bits per heavy atom. The topological polar surface area (TPSA) is 82.2 Å². The van der Waals surface area contributed by atoms with Gasteiger partial charge in [0.05, 0.1) is 17.5 Å². The summed E-state index contributed by atoms with van der Waals surface area (Å²) in [5, 5.41) is 23.4. The van der Waals surface area contributed by atoms with Crippen LogP contribution in [0.2, 0.25) is 5.02 Å². The van der Waals surface area contributed by atoms with Crippen LogP contribution >= 0.6 is 22.9 Å². The number of piperazine rings is 1. The summed E-state index contributed by atoms with van der Waals surface area (Å²) in [6.07, 6.45) is 1.46. The van der Waals surface area contributed by atoms with Gasteiger partial charge in [0, 0.05) is 53.9 Å². The first-order valence-electron chi connectivity index (χ1n) is 8.58. The van der Waals surface area contributed by atoms with Crippen LogP contribution in [0.15, 0.2) is 34.6 Å². The molecule has 1 aromatic carbocycles. The zero-order chi connectivity index (χ0) is 19.4. The van der Waals surface area contributed by atoms with Gasteiger partial charge in [-0.25, -0.2) is 0 Å². The van der Waals surface area contributed by atoms with E-state index in [1.165, 1.54) is 17.2 Å². The largest absolute Gasteiger partial charge is 0.502 e. The Labute approximate surface area is 166 Å². The first-order chi connectivity index (χ1) is 13.0. The van der Waals surface area contributed by atoms with E-state index in [2.05, 4.69) is 27.9 Å². The van der Waals surface area contributed by atoms with Crippen LogP contribution in [0.25, 0.3) is 0 Å². The van der Waals surface area contributed by atoms with Gasteiger partial charge in [-0.15, -0.1) is 11.3 Å². The van der Waals surface area contributed by atoms with Crippen molar-refractivity contribution in [3.63, 3.8) is 0 Å². The SMILES string of the molecule is CN1CCN([C@@H](CN=Cc2cc(Cl)cc([N+](=O)[O-])c2O)c2cccs2)CC1. The van der Waals surface area contributed by atoms with E-state index in [4.69, 9.17) is 11.6 Å². The minimum Gasteiger partial charge on any atom is -0.502 e. The van der Waals surface area contributed by atoms with E-state index >= 15 is 0 Å². The minimum atomic E-state index is -0.656. The van der Waals surface area contributed by atoms with Crippen LogP contribution in [0, 0.1) is 10.1 Å². The van der Waals surface area contributed by atoms with Gasteiger partial charge in [0.1, 0.15) is 0 Å². The van der Waals surface area contributed by atoms with Crippen molar-refractivity contribution in [2.45, 2.75) is 6.04 Å². The summed E-state index contributed by atoms with van der Waals surface area (Å²) in [4.78, 5) is 20.8. The summed E-state index contributed by atoms with van der Waals surface area (Å²) in [5.41, 5.74) is -0.171. The predicted octanol–water partition coefficient (Wildman–Crippen LogP) is 3.42. The highest BCUT2D eigenvalue weighted by Gasteiger charge is 2.24. The van der Waals surface area contributed by atoms with Gasteiger partial charge < -0.3 is 10.0 Å². The predicted molar refractivity (Wildman–Crippen MR) is 108 cm³/mol. The van der Waals surface area contributed by atoms with Gasteiger partial charge in [-0.2, -0.15) is 0 Å². The Morgan fingerprint density at radius 1 is 1.41 bits per heavy atom. The summed E-state index contributed by atoms with van der Waals surface area (Å²) in [5.74, 6) is -0.416. The number of aromatic hydroxyl groups is 1. The molecule has 1 saturated heterocycles. The van der Waals surface area contributed by atoms with Crippen molar-refractivity contribution < 1.29 is 10.0 Å². The Morgan fingerprint density at radius 3 is 2.78 bits per heavy atom. The van der Waals surface area contributed by atoms with Crippen LogP contribution < -0.4 is 0 Å². The monoisotopic (exact) mass is 408 g/mol. The number of hydrogen-bond acceptors (Lipinski definition) is 7. The van der Waals surface area contributed by atoms with E-state index < -0.39 is 16.4 Å². The number of hydrogen-bond donors (Lipinski definition) is 1. The van der Waals surface area contributed by atoms with Crippen LogP contribution in [-0.2, 0) is 0 Å². The Bertz CT molecular complexity index is 820. The number of rotatable bonds is 6. The van der Waals surface area contributed by atoms with Crippen LogP contribution in [0.3, 0.4) is 0 Å². The molecule has 2 aromatic rings. The fraction of sp³-hybridized carbons (Fsp3) is 0.389. The van der Waals surface area contributed by atoms with Crippen LogP contribution in [0.1, 0.15) is 16.5 Å². The molecule has 1 fully saturated rings. The maximum Gasteiger partial charge on any atom is 0.312 e. The number of aliphatic imine (C=N–C) groups is 1. The number of nitro groups is 1. The van der Waals surface area contributed by atoms with Crippen molar-refractivity contribution in [2.75, 3.05) is 39.8 Å². The lowest BCUT2D eigenvalue weighted by molar-refractivity contribution is -0.385. The molecule has 1 aliphatic heterocycles. The maximum absolute atomic E-state index is 11.0. The Hall–Kier alpha value is -2.00. The average molecular weight is 409 g/mol. The standard InChI is InChI=1S/C18H21ClN4O3S/c1-21-4-6-22(7-5-21)16(17-3-2-8-27-17)12-20-11-13-9-14(19)10-15(18(13)24)23(25)26/h2-3,8-11,16,24H,4-7,12H2,1H3/t16-/m0/s1. The Balaban J connectivity index is 1.79. The number of likely N-dealkylation sites (N-methyl/N-ethyl adjacent to an activating group) is 1. The second kappa shape index (κ2) is 8.79. The highest BCUT2D eigenvalue weighted by Crippen LogP contribution is 2.32. The molecule has 1 aromatic heterocycles. The molecule has 3 rings (SSSR count). The van der Waals surface area contributed by atoms with Crippen molar-refractivity contribution >= 4 is 34.8 Å². The molecule has 0 spiro atoms. The quantitative estimate of drug-likeness (QED) is 0.450. The number of phenols is 1. The molecular formula is C18H21ClN4O3S. The zero-order valence-corrected chi connectivity index (χ0v) is 16.5. The van der Waals surface area contributed by atoms with Gasteiger partial charge in [0.15, 0.2) is 0 Å². The summed E-state index contributed by atoms with van der Waals surface area (Å²) in [6.45, 7) is 4.44. The molecule has 1 aliphatic rings. The lowest BCUT2D eigenvalue weighted by atomic mass is 10.1. The van der Waals surface area contributed by atoms with E-state index in [0.717, 1.165) is 32.2 Å². The van der Waals surface area contributed by atoms with E-state index in [-0.39, 0.29) is 16.6 Å². The summed E-state index contributed by atoms with van der Waals surface area (Å²) < 4.78 is 0. The third-order valence-electron chi connectivity index (χ3n) is 4.64. The van der Waals surface area contributed by atoms with E-state index in [9.17, 15) is 15.2 Å². The molecular weight excluding hydrogens is 388 g/mol. The first kappa shape index (κ1) is 19.8. The van der Waals surface area contributed by atoms with Gasteiger partial charge in [0.25, 0.3) is 0 Å². The lowest BCUT2D eigenvalue weighted by Gasteiger charge is -2.37. The molecule has 144 valence electrons. The average Bonchev–Trinajstić information content (AvgIpc) is 3.16. The van der Waals surface area contributed by atoms with Crippen molar-refractivity contribution in [3.8, 4) is 5.75 Å². The van der Waals surface area contributed by atoms with E-state index in [1.807, 2.05) is 11.4 Å². The highest BCUT2D eigenvalue weighted by atomic mass is 35.5. The smallest absolute Gasteiger partial charge is 0.312 e. The molecule has 0 unspecified atom stereocenters. The summed E-state index contributed by atoms with van der Waals surface area (Å²) in [7, 11) is 2.12. The molecule has 0 amide bonds. The lowest BCUT2D eigenvalue weighted by Crippen LogP contribution is -2.46. The van der Waals surface area contributed by atoms with Crippen LogP contribution in [-0.4, -0.2) is 65.8 Å². The van der Waals surface area contributed by atoms with Gasteiger partial charge >= 0.3 is 5.69 Å². The normalized spacial score (nSPS) is 17.4. The molecule has 7 nitrogen and oxygen atoms in total. The number of halogens is 1. The molecule has 0 bridgehead atoms. The summed E-state index contributed by atoms with van der Waals surface area (Å²) >= 11 is 7.63. The molecule has 2 heterocycles. The fourth-order valence-electron chi connectivity index (χ4n) is 3.09. The second-order valence-corrected chi connectivity index (χ2v) is 7.90. The number of benzene rings is 1. The molecule has 1 N–H and O–H groups in total. The maximum atomic E-state index is 11.0. The van der Waals surface area contributed by atoms with E-state index in [0.29, 0.717) is 6.54 Å². The number of thiophene rings is 1. The fourth-order valence-corrected chi connectivity index (χ4v) is 4.17. The second-order valence-electron chi connectivity index (χ2n) is 6.48. The number of phenolic OH excluding ortho intramolecular Hbond substituents is 1. The van der Waals surface area contributed by atoms with Crippen molar-refractivity contribution in [1.82, 2.24) is 9.80 Å². The van der Waals surface area contributed by atoms with Gasteiger partial charge in [-0.3, -0.25) is 20.0 Å². The van der Waals surface area contributed by atoms with Gasteiger partial charge in [-0.1, -0.05) is 17.7 Å². The molecule has 0 radical (unpaired) electrons. The molecule has 27 heavy (non-hydrogen) atoms. The van der Waals surface area contributed by atoms with Gasteiger partial charge in [-0.05, 0) is 24.6 Å². The number of nitrogens with zero attached hydrogens (tertiary/aromatic N) is 4. The summed E-state index contributed by atoms with van der Waals surface area (Å²) in [6, 6.07) is 6.88. The van der Waals surface area contributed by atoms with Gasteiger partial charge in [0.2, 0.25) is 5.75 Å². The highest BCUT2D eigenvalue weighted by molar-refractivity contribution is 7.10. The van der Waals surface area contributed by atoms with Crippen molar-refractivity contribution in [2.24, 2.45) is 4.99 Å². The number of nitro benzene ring substituents is 1. The molecule has 0 saturated carbocycles. The minimum absolute atomic E-state index is 0.145. The zero-order valence-electron chi connectivity index (χ0n) is 14.9. The third-order valence-corrected chi connectivity index (χ3v) is 5.83. The van der Waals surface area contributed by atoms with Crippen LogP contribution in [0.5, 0.6) is 5.75 Å². The molecule has 0 aliphatic carbocycles. The third kappa shape index (κ3) is 4.84. The van der Waals surface area contributed by atoms with Crippen molar-refractivity contribution in [1.29, 1.82) is 0 Å². The van der Waals surface area contributed by atoms with E-state index in [1.54, 1.807) is 11.3 Å². The van der Waals surface area contributed by atoms with Crippen molar-refractivity contribution in [3.05, 3.63) is 55.2 Å². The molecule has 9 heteroatoms. The van der Waals surface area contributed by atoms with Crippen LogP contribution in [0.4, 0.5) is 5.69 Å². The molecule has 1 atom stereocenters.